The summed E-state index contributed by atoms with van der Waals surface area (Å²) < 4.78 is 45.8. The Morgan fingerprint density at radius 3 is 2.51 bits per heavy atom. The van der Waals surface area contributed by atoms with Gasteiger partial charge in [-0.15, -0.1) is 0 Å². The zero-order valence-corrected chi connectivity index (χ0v) is 19.6. The molecule has 0 radical (unpaired) electrons. The fourth-order valence-electron chi connectivity index (χ4n) is 4.47. The Morgan fingerprint density at radius 1 is 1.17 bits per heavy atom. The highest BCUT2D eigenvalue weighted by Gasteiger charge is 2.33. The molecule has 0 amide bonds. The normalized spacial score (nSPS) is 15.7. The first kappa shape index (κ1) is 24.6. The Bertz CT molecular complexity index is 1260. The van der Waals surface area contributed by atoms with Crippen LogP contribution in [0, 0.1) is 17.0 Å². The van der Waals surface area contributed by atoms with Crippen molar-refractivity contribution in [2.24, 2.45) is 0 Å². The third-order valence-corrected chi connectivity index (χ3v) is 6.27. The van der Waals surface area contributed by atoms with Gasteiger partial charge in [-0.25, -0.2) is 9.97 Å². The van der Waals surface area contributed by atoms with E-state index in [0.717, 1.165) is 49.4 Å². The average Bonchev–Trinajstić information content (AvgIpc) is 2.82. The van der Waals surface area contributed by atoms with Gasteiger partial charge in [-0.3, -0.25) is 10.1 Å². The Hall–Kier alpha value is -3.47. The number of ether oxygens (including phenoxy) is 1. The minimum atomic E-state index is -4.71. The lowest BCUT2D eigenvalue weighted by molar-refractivity contribution is -0.385. The van der Waals surface area contributed by atoms with E-state index < -0.39 is 28.4 Å². The molecule has 0 unspecified atom stereocenters. The van der Waals surface area contributed by atoms with Gasteiger partial charge in [0, 0.05) is 23.6 Å². The lowest BCUT2D eigenvalue weighted by atomic mass is 9.88. The van der Waals surface area contributed by atoms with Crippen LogP contribution in [0.2, 0.25) is 0 Å². The number of aromatic nitrogens is 2. The van der Waals surface area contributed by atoms with Gasteiger partial charge in [-0.1, -0.05) is 0 Å². The van der Waals surface area contributed by atoms with Crippen LogP contribution in [0.3, 0.4) is 0 Å². The second kappa shape index (κ2) is 9.65. The summed E-state index contributed by atoms with van der Waals surface area (Å²) in [5.41, 5.74) is 0.0984. The molecular weight excluding hydrogens is 463 g/mol. The molecule has 4 rings (SSSR count). The van der Waals surface area contributed by atoms with E-state index in [4.69, 9.17) is 4.74 Å². The van der Waals surface area contributed by atoms with Gasteiger partial charge in [0.2, 0.25) is 0 Å². The van der Waals surface area contributed by atoms with Crippen LogP contribution < -0.4 is 15.4 Å². The number of hydrogen-bond donors (Lipinski definition) is 2. The third kappa shape index (κ3) is 5.29. The standard InChI is InChI=1S/C24H26F3N5O3/c1-13(16-8-17(24(25,26)27)10-18(9-16)32(33)34)29-23-20-11-19(15-4-6-28-7-5-15)22(35-3)12-21(20)30-14(2)31-23/h8-13,15,28H,4-7H2,1-3H3,(H,29,30,31)/t13-/m1/s1. The van der Waals surface area contributed by atoms with E-state index in [9.17, 15) is 23.3 Å². The fourth-order valence-corrected chi connectivity index (χ4v) is 4.47. The van der Waals surface area contributed by atoms with Gasteiger partial charge in [0.15, 0.2) is 0 Å². The highest BCUT2D eigenvalue weighted by Crippen LogP contribution is 2.38. The van der Waals surface area contributed by atoms with Gasteiger partial charge >= 0.3 is 6.18 Å². The molecule has 35 heavy (non-hydrogen) atoms. The number of rotatable bonds is 6. The van der Waals surface area contributed by atoms with Crippen molar-refractivity contribution >= 4 is 22.4 Å². The largest absolute Gasteiger partial charge is 0.496 e. The molecule has 1 aliphatic rings. The number of aryl methyl sites for hydroxylation is 1. The smallest absolute Gasteiger partial charge is 0.416 e. The first-order valence-corrected chi connectivity index (χ1v) is 11.3. The maximum Gasteiger partial charge on any atom is 0.416 e. The number of nitrogens with zero attached hydrogens (tertiary/aromatic N) is 3. The molecule has 1 saturated heterocycles. The summed E-state index contributed by atoms with van der Waals surface area (Å²) in [6.45, 7) is 5.15. The van der Waals surface area contributed by atoms with E-state index >= 15 is 0 Å². The van der Waals surface area contributed by atoms with Crippen molar-refractivity contribution in [2.45, 2.75) is 44.8 Å². The zero-order chi connectivity index (χ0) is 25.3. The highest BCUT2D eigenvalue weighted by molar-refractivity contribution is 5.91. The van der Waals surface area contributed by atoms with Crippen molar-refractivity contribution in [1.82, 2.24) is 15.3 Å². The predicted octanol–water partition coefficient (Wildman–Crippen LogP) is 5.51. The van der Waals surface area contributed by atoms with Crippen molar-refractivity contribution in [3.63, 3.8) is 0 Å². The van der Waals surface area contributed by atoms with Crippen LogP contribution in [0.15, 0.2) is 30.3 Å². The Labute approximate surface area is 200 Å². The predicted molar refractivity (Wildman–Crippen MR) is 126 cm³/mol. The third-order valence-electron chi connectivity index (χ3n) is 6.27. The minimum absolute atomic E-state index is 0.128. The van der Waals surface area contributed by atoms with Gasteiger partial charge in [-0.2, -0.15) is 13.2 Å². The van der Waals surface area contributed by atoms with Gasteiger partial charge < -0.3 is 15.4 Å². The maximum absolute atomic E-state index is 13.4. The number of methoxy groups -OCH3 is 1. The molecule has 1 aliphatic heterocycles. The number of halogens is 3. The molecular formula is C24H26F3N5O3. The molecule has 11 heteroatoms. The first-order valence-electron chi connectivity index (χ1n) is 11.3. The number of benzene rings is 2. The van der Waals surface area contributed by atoms with Crippen molar-refractivity contribution in [2.75, 3.05) is 25.5 Å². The number of alkyl halides is 3. The molecule has 1 atom stereocenters. The fraction of sp³-hybridized carbons (Fsp3) is 0.417. The number of piperidine rings is 1. The van der Waals surface area contributed by atoms with Crippen LogP contribution in [0.4, 0.5) is 24.7 Å². The number of fused-ring (bicyclic) bond motifs is 1. The topological polar surface area (TPSA) is 102 Å². The summed E-state index contributed by atoms with van der Waals surface area (Å²) in [4.78, 5) is 19.5. The number of hydrogen-bond acceptors (Lipinski definition) is 7. The van der Waals surface area contributed by atoms with E-state index in [1.165, 1.54) is 0 Å². The summed E-state index contributed by atoms with van der Waals surface area (Å²) >= 11 is 0. The first-order chi connectivity index (χ1) is 16.6. The van der Waals surface area contributed by atoms with Crippen LogP contribution in [0.1, 0.15) is 54.2 Å². The van der Waals surface area contributed by atoms with Gasteiger partial charge in [-0.05, 0) is 69.0 Å². The molecule has 0 aliphatic carbocycles. The van der Waals surface area contributed by atoms with E-state index in [-0.39, 0.29) is 11.5 Å². The molecule has 2 heterocycles. The summed E-state index contributed by atoms with van der Waals surface area (Å²) in [5, 5.41) is 18.5. The van der Waals surface area contributed by atoms with E-state index in [0.29, 0.717) is 28.6 Å². The Morgan fingerprint density at radius 2 is 1.89 bits per heavy atom. The average molecular weight is 489 g/mol. The lowest BCUT2D eigenvalue weighted by Gasteiger charge is -2.25. The van der Waals surface area contributed by atoms with Crippen LogP contribution in [0.25, 0.3) is 10.9 Å². The van der Waals surface area contributed by atoms with E-state index in [1.807, 2.05) is 12.1 Å². The summed E-state index contributed by atoms with van der Waals surface area (Å²) in [6.07, 6.45) is -2.82. The van der Waals surface area contributed by atoms with E-state index in [2.05, 4.69) is 20.6 Å². The summed E-state index contributed by atoms with van der Waals surface area (Å²) in [5.74, 6) is 1.93. The highest BCUT2D eigenvalue weighted by atomic mass is 19.4. The summed E-state index contributed by atoms with van der Waals surface area (Å²) in [7, 11) is 1.61. The second-order valence-corrected chi connectivity index (χ2v) is 8.69. The second-order valence-electron chi connectivity index (χ2n) is 8.69. The van der Waals surface area contributed by atoms with Crippen LogP contribution in [0.5, 0.6) is 5.75 Å². The Balaban J connectivity index is 1.77. The SMILES string of the molecule is COc1cc2nc(C)nc(N[C@H](C)c3cc([N+](=O)[O-])cc(C(F)(F)F)c3)c2cc1C1CCNCC1. The van der Waals surface area contributed by atoms with Gasteiger partial charge in [0.05, 0.1) is 29.2 Å². The summed E-state index contributed by atoms with van der Waals surface area (Å²) in [6, 6.07) is 5.74. The van der Waals surface area contributed by atoms with Gasteiger partial charge in [0.1, 0.15) is 17.4 Å². The number of nitrogens with one attached hydrogen (secondary N) is 2. The Kier molecular flexibility index (Phi) is 6.79. The molecule has 1 fully saturated rings. The number of non-ortho nitro benzene ring substituents is 1. The number of anilines is 1. The monoisotopic (exact) mass is 489 g/mol. The lowest BCUT2D eigenvalue weighted by Crippen LogP contribution is -2.26. The molecule has 2 aromatic carbocycles. The molecule has 8 nitrogen and oxygen atoms in total. The molecule has 0 spiro atoms. The maximum atomic E-state index is 13.4. The van der Waals surface area contributed by atoms with E-state index in [1.54, 1.807) is 21.0 Å². The molecule has 186 valence electrons. The number of nitro groups is 1. The number of nitro benzene ring substituents is 1. The van der Waals surface area contributed by atoms with Gasteiger partial charge in [0.25, 0.3) is 5.69 Å². The molecule has 0 saturated carbocycles. The molecule has 1 aromatic heterocycles. The van der Waals surface area contributed by atoms with Crippen molar-refractivity contribution < 1.29 is 22.8 Å². The van der Waals surface area contributed by atoms with Crippen molar-refractivity contribution in [1.29, 1.82) is 0 Å². The molecule has 3 aromatic rings. The minimum Gasteiger partial charge on any atom is -0.496 e. The van der Waals surface area contributed by atoms with Crippen LogP contribution in [-0.4, -0.2) is 35.1 Å². The van der Waals surface area contributed by atoms with Crippen molar-refractivity contribution in [3.8, 4) is 5.75 Å². The molecule has 2 N–H and O–H groups in total. The molecule has 0 bridgehead atoms. The van der Waals surface area contributed by atoms with Crippen LogP contribution in [-0.2, 0) is 6.18 Å². The van der Waals surface area contributed by atoms with Crippen molar-refractivity contribution in [3.05, 3.63) is 63.0 Å². The quantitative estimate of drug-likeness (QED) is 0.347. The van der Waals surface area contributed by atoms with Crippen LogP contribution >= 0.6 is 0 Å². The zero-order valence-electron chi connectivity index (χ0n) is 19.6.